The fourth-order valence-corrected chi connectivity index (χ4v) is 2.58. The highest BCUT2D eigenvalue weighted by Gasteiger charge is 2.12. The van der Waals surface area contributed by atoms with E-state index >= 15 is 0 Å². The maximum absolute atomic E-state index is 12.4. The molecule has 3 rings (SSSR count). The highest BCUT2D eigenvalue weighted by molar-refractivity contribution is 9.10. The summed E-state index contributed by atoms with van der Waals surface area (Å²) in [7, 11) is 1.54. The number of benzene rings is 2. The molecule has 3 aromatic rings. The van der Waals surface area contributed by atoms with Gasteiger partial charge in [0.05, 0.1) is 12.7 Å². The van der Waals surface area contributed by atoms with Crippen molar-refractivity contribution in [1.82, 2.24) is 0 Å². The van der Waals surface area contributed by atoms with Gasteiger partial charge in [-0.2, -0.15) is 0 Å². The SMILES string of the molecule is COc1ccc(Br)c(C(=O)Nc2ccc3oc(=O)ccc3c2)c1. The summed E-state index contributed by atoms with van der Waals surface area (Å²) >= 11 is 3.36. The van der Waals surface area contributed by atoms with E-state index in [9.17, 15) is 9.59 Å². The molecule has 6 heteroatoms. The van der Waals surface area contributed by atoms with E-state index < -0.39 is 5.63 Å². The molecule has 0 spiro atoms. The van der Waals surface area contributed by atoms with Crippen LogP contribution in [0.15, 0.2) is 62.2 Å². The first kappa shape index (κ1) is 15.3. The van der Waals surface area contributed by atoms with Crippen LogP contribution in [0.25, 0.3) is 11.0 Å². The molecule has 2 aromatic carbocycles. The van der Waals surface area contributed by atoms with Crippen molar-refractivity contribution in [2.24, 2.45) is 0 Å². The van der Waals surface area contributed by atoms with Crippen molar-refractivity contribution in [3.8, 4) is 5.75 Å². The fraction of sp³-hybridized carbons (Fsp3) is 0.0588. The van der Waals surface area contributed by atoms with Gasteiger partial charge in [0.2, 0.25) is 0 Å². The first-order valence-electron chi connectivity index (χ1n) is 6.75. The molecule has 1 heterocycles. The van der Waals surface area contributed by atoms with Crippen LogP contribution in [0.5, 0.6) is 5.75 Å². The Kier molecular flexibility index (Phi) is 4.16. The average molecular weight is 374 g/mol. The van der Waals surface area contributed by atoms with Crippen molar-refractivity contribution >= 4 is 38.5 Å². The minimum atomic E-state index is -0.408. The Morgan fingerprint density at radius 2 is 1.96 bits per heavy atom. The number of carbonyl (C=O) groups is 1. The summed E-state index contributed by atoms with van der Waals surface area (Å²) in [6.07, 6.45) is 0. The lowest BCUT2D eigenvalue weighted by Gasteiger charge is -2.09. The third kappa shape index (κ3) is 3.27. The van der Waals surface area contributed by atoms with Crippen molar-refractivity contribution in [3.05, 3.63) is 69.0 Å². The average Bonchev–Trinajstić information content (AvgIpc) is 2.55. The van der Waals surface area contributed by atoms with Crippen LogP contribution in [0, 0.1) is 0 Å². The van der Waals surface area contributed by atoms with Gasteiger partial charge in [0.25, 0.3) is 5.91 Å². The van der Waals surface area contributed by atoms with Crippen molar-refractivity contribution in [1.29, 1.82) is 0 Å². The van der Waals surface area contributed by atoms with E-state index in [0.717, 1.165) is 5.39 Å². The lowest BCUT2D eigenvalue weighted by molar-refractivity contribution is 0.102. The Balaban J connectivity index is 1.91. The summed E-state index contributed by atoms with van der Waals surface area (Å²) in [6.45, 7) is 0. The molecule has 0 radical (unpaired) electrons. The van der Waals surface area contributed by atoms with Crippen LogP contribution in [-0.4, -0.2) is 13.0 Å². The normalized spacial score (nSPS) is 10.5. The minimum Gasteiger partial charge on any atom is -0.497 e. The lowest BCUT2D eigenvalue weighted by atomic mass is 10.1. The zero-order chi connectivity index (χ0) is 16.4. The van der Waals surface area contributed by atoms with Gasteiger partial charge in [-0.25, -0.2) is 4.79 Å². The molecule has 0 fully saturated rings. The second-order valence-electron chi connectivity index (χ2n) is 4.81. The summed E-state index contributed by atoms with van der Waals surface area (Å²) < 4.78 is 10.9. The number of rotatable bonds is 3. The predicted octanol–water partition coefficient (Wildman–Crippen LogP) is 3.82. The van der Waals surface area contributed by atoms with Crippen LogP contribution in [0.1, 0.15) is 10.4 Å². The van der Waals surface area contributed by atoms with E-state index in [1.165, 1.54) is 6.07 Å². The molecule has 0 aliphatic rings. The highest BCUT2D eigenvalue weighted by atomic mass is 79.9. The molecular weight excluding hydrogens is 362 g/mol. The van der Waals surface area contributed by atoms with E-state index in [2.05, 4.69) is 21.2 Å². The molecule has 116 valence electrons. The Labute approximate surface area is 140 Å². The summed E-state index contributed by atoms with van der Waals surface area (Å²) in [5, 5.41) is 3.54. The summed E-state index contributed by atoms with van der Waals surface area (Å²) in [5.74, 6) is 0.325. The molecule has 1 aromatic heterocycles. The lowest BCUT2D eigenvalue weighted by Crippen LogP contribution is -2.12. The number of anilines is 1. The number of hydrogen-bond donors (Lipinski definition) is 1. The minimum absolute atomic E-state index is 0.271. The number of carbonyl (C=O) groups excluding carboxylic acids is 1. The first-order chi connectivity index (χ1) is 11.1. The molecule has 0 saturated heterocycles. The van der Waals surface area contributed by atoms with E-state index in [-0.39, 0.29) is 5.91 Å². The Hall–Kier alpha value is -2.60. The zero-order valence-electron chi connectivity index (χ0n) is 12.1. The van der Waals surface area contributed by atoms with Gasteiger partial charge in [0, 0.05) is 21.6 Å². The van der Waals surface area contributed by atoms with Crippen molar-refractivity contribution in [2.45, 2.75) is 0 Å². The number of ether oxygens (including phenoxy) is 1. The quantitative estimate of drug-likeness (QED) is 0.708. The number of hydrogen-bond acceptors (Lipinski definition) is 4. The van der Waals surface area contributed by atoms with E-state index in [0.29, 0.717) is 27.1 Å². The largest absolute Gasteiger partial charge is 0.497 e. The fourth-order valence-electron chi connectivity index (χ4n) is 2.15. The number of nitrogens with one attached hydrogen (secondary N) is 1. The van der Waals surface area contributed by atoms with Crippen LogP contribution in [0.3, 0.4) is 0 Å². The van der Waals surface area contributed by atoms with Crippen LogP contribution in [0.2, 0.25) is 0 Å². The van der Waals surface area contributed by atoms with Gasteiger partial charge < -0.3 is 14.5 Å². The summed E-state index contributed by atoms with van der Waals surface area (Å²) in [4.78, 5) is 23.6. The second-order valence-corrected chi connectivity index (χ2v) is 5.66. The third-order valence-corrected chi connectivity index (χ3v) is 3.99. The molecule has 0 aliphatic heterocycles. The van der Waals surface area contributed by atoms with E-state index in [1.807, 2.05) is 0 Å². The molecule has 0 aliphatic carbocycles. The van der Waals surface area contributed by atoms with Gasteiger partial charge in [0.1, 0.15) is 11.3 Å². The molecule has 1 amide bonds. The molecule has 0 saturated carbocycles. The van der Waals surface area contributed by atoms with Crippen LogP contribution < -0.4 is 15.7 Å². The number of methoxy groups -OCH3 is 1. The van der Waals surface area contributed by atoms with Crippen molar-refractivity contribution in [3.63, 3.8) is 0 Å². The van der Waals surface area contributed by atoms with E-state index in [4.69, 9.17) is 9.15 Å². The molecule has 1 N–H and O–H groups in total. The predicted molar refractivity (Wildman–Crippen MR) is 91.1 cm³/mol. The third-order valence-electron chi connectivity index (χ3n) is 3.30. The van der Waals surface area contributed by atoms with Crippen molar-refractivity contribution in [2.75, 3.05) is 12.4 Å². The molecule has 0 unspecified atom stereocenters. The second kappa shape index (κ2) is 6.26. The molecular formula is C17H12BrNO4. The monoisotopic (exact) mass is 373 g/mol. The Morgan fingerprint density at radius 1 is 1.13 bits per heavy atom. The summed E-state index contributed by atoms with van der Waals surface area (Å²) in [5.41, 5.74) is 1.13. The van der Waals surface area contributed by atoms with Crippen LogP contribution >= 0.6 is 15.9 Å². The molecule has 23 heavy (non-hydrogen) atoms. The number of halogens is 1. The van der Waals surface area contributed by atoms with Gasteiger partial charge in [-0.15, -0.1) is 0 Å². The van der Waals surface area contributed by atoms with Gasteiger partial charge in [-0.05, 0) is 58.4 Å². The van der Waals surface area contributed by atoms with E-state index in [1.54, 1.807) is 49.6 Å². The van der Waals surface area contributed by atoms with Gasteiger partial charge in [-0.1, -0.05) is 0 Å². The van der Waals surface area contributed by atoms with Gasteiger partial charge in [0.15, 0.2) is 0 Å². The van der Waals surface area contributed by atoms with Crippen molar-refractivity contribution < 1.29 is 13.9 Å². The van der Waals surface area contributed by atoms with Gasteiger partial charge in [-0.3, -0.25) is 4.79 Å². The summed E-state index contributed by atoms with van der Waals surface area (Å²) in [6, 6.07) is 13.2. The first-order valence-corrected chi connectivity index (χ1v) is 7.55. The van der Waals surface area contributed by atoms with Gasteiger partial charge >= 0.3 is 5.63 Å². The molecule has 0 bridgehead atoms. The smallest absolute Gasteiger partial charge is 0.336 e. The zero-order valence-corrected chi connectivity index (χ0v) is 13.7. The van der Waals surface area contributed by atoms with Crippen LogP contribution in [0.4, 0.5) is 5.69 Å². The maximum atomic E-state index is 12.4. The molecule has 5 nitrogen and oxygen atoms in total. The number of fused-ring (bicyclic) bond motifs is 1. The number of amides is 1. The Bertz CT molecular complexity index is 949. The molecule has 0 atom stereocenters. The highest BCUT2D eigenvalue weighted by Crippen LogP contribution is 2.24. The maximum Gasteiger partial charge on any atom is 0.336 e. The topological polar surface area (TPSA) is 68.5 Å². The standard InChI is InChI=1S/C17H12BrNO4/c1-22-12-4-5-14(18)13(9-12)17(21)19-11-3-6-15-10(8-11)2-7-16(20)23-15/h2-9H,1H3,(H,19,21). The Morgan fingerprint density at radius 3 is 2.74 bits per heavy atom. The van der Waals surface area contributed by atoms with Crippen LogP contribution in [-0.2, 0) is 0 Å².